The van der Waals surface area contributed by atoms with Crippen molar-refractivity contribution < 1.29 is 14.3 Å². The maximum atomic E-state index is 12.2. The molecule has 3 aromatic rings. The molecule has 3 rings (SSSR count). The number of hydrogen-bond donors (Lipinski definition) is 2. The minimum atomic E-state index is -0.349. The number of nitrogens with one attached hydrogen (secondary N) is 2. The first kappa shape index (κ1) is 24.4. The van der Waals surface area contributed by atoms with Gasteiger partial charge in [-0.1, -0.05) is 39.7 Å². The molecule has 0 aliphatic rings. The molecule has 10 heteroatoms. The number of benzene rings is 3. The summed E-state index contributed by atoms with van der Waals surface area (Å²) in [6.07, 6.45) is 1.50. The molecule has 0 atom stereocenters. The molecule has 0 unspecified atom stereocenters. The van der Waals surface area contributed by atoms with E-state index in [1.54, 1.807) is 60.7 Å². The Morgan fingerprint density at radius 2 is 1.66 bits per heavy atom. The normalized spacial score (nSPS) is 10.8. The van der Waals surface area contributed by atoms with Crippen LogP contribution in [-0.4, -0.2) is 24.6 Å². The van der Waals surface area contributed by atoms with Crippen LogP contribution in [0.1, 0.15) is 15.9 Å². The molecule has 0 aliphatic carbocycles. The Morgan fingerprint density at radius 1 is 1.00 bits per heavy atom. The summed E-state index contributed by atoms with van der Waals surface area (Å²) < 4.78 is 7.74. The SMILES string of the molecule is O=C(COc1c(Br)cc(/C=N/NC(=O)c2ccc(Br)cc2)cc1Br)Nc1ccccc1Cl. The molecule has 0 saturated heterocycles. The van der Waals surface area contributed by atoms with Crippen molar-refractivity contribution in [2.24, 2.45) is 5.10 Å². The van der Waals surface area contributed by atoms with Gasteiger partial charge >= 0.3 is 0 Å². The minimum absolute atomic E-state index is 0.209. The van der Waals surface area contributed by atoms with Crippen LogP contribution in [-0.2, 0) is 4.79 Å². The fraction of sp³-hybridized carbons (Fsp3) is 0.0455. The highest BCUT2D eigenvalue weighted by molar-refractivity contribution is 9.11. The number of nitrogens with zero attached hydrogens (tertiary/aromatic N) is 1. The number of anilines is 1. The van der Waals surface area contributed by atoms with E-state index < -0.39 is 0 Å². The van der Waals surface area contributed by atoms with E-state index in [0.717, 1.165) is 4.47 Å². The lowest BCUT2D eigenvalue weighted by Crippen LogP contribution is -2.20. The third-order valence-corrected chi connectivity index (χ3v) is 6.04. The first-order valence-corrected chi connectivity index (χ1v) is 11.8. The zero-order chi connectivity index (χ0) is 23.1. The summed E-state index contributed by atoms with van der Waals surface area (Å²) in [5, 5.41) is 7.13. The van der Waals surface area contributed by atoms with Crippen LogP contribution in [0, 0.1) is 0 Å². The summed E-state index contributed by atoms with van der Waals surface area (Å²) in [5.41, 5.74) is 4.18. The maximum absolute atomic E-state index is 12.2. The van der Waals surface area contributed by atoms with Crippen molar-refractivity contribution in [1.29, 1.82) is 0 Å². The summed E-state index contributed by atoms with van der Waals surface area (Å²) in [4.78, 5) is 24.3. The first-order valence-electron chi connectivity index (χ1n) is 9.08. The lowest BCUT2D eigenvalue weighted by atomic mass is 10.2. The predicted octanol–water partition coefficient (Wildman–Crippen LogP) is 6.41. The van der Waals surface area contributed by atoms with Crippen LogP contribution in [0.3, 0.4) is 0 Å². The van der Waals surface area contributed by atoms with Gasteiger partial charge in [0.15, 0.2) is 6.61 Å². The van der Waals surface area contributed by atoms with Crippen molar-refractivity contribution >= 4 is 83.1 Å². The van der Waals surface area contributed by atoms with Gasteiger partial charge in [-0.25, -0.2) is 5.43 Å². The molecule has 0 aliphatic heterocycles. The van der Waals surface area contributed by atoms with Gasteiger partial charge in [-0.05, 0) is 86.0 Å². The summed E-state index contributed by atoms with van der Waals surface area (Å²) in [5.74, 6) is -0.218. The second-order valence-corrected chi connectivity index (χ2v) is 9.37. The summed E-state index contributed by atoms with van der Waals surface area (Å²) >= 11 is 16.2. The number of para-hydroxylation sites is 1. The van der Waals surface area contributed by atoms with Gasteiger partial charge in [0, 0.05) is 10.0 Å². The molecule has 32 heavy (non-hydrogen) atoms. The minimum Gasteiger partial charge on any atom is -0.481 e. The Bertz CT molecular complexity index is 1150. The van der Waals surface area contributed by atoms with Gasteiger partial charge in [0.2, 0.25) is 0 Å². The van der Waals surface area contributed by atoms with Crippen LogP contribution in [0.4, 0.5) is 5.69 Å². The second-order valence-electron chi connectivity index (χ2n) is 6.34. The van der Waals surface area contributed by atoms with Crippen molar-refractivity contribution in [1.82, 2.24) is 5.43 Å². The monoisotopic (exact) mass is 641 g/mol. The average molecular weight is 645 g/mol. The van der Waals surface area contributed by atoms with E-state index in [4.69, 9.17) is 16.3 Å². The predicted molar refractivity (Wildman–Crippen MR) is 137 cm³/mol. The molecule has 0 aromatic heterocycles. The Morgan fingerprint density at radius 3 is 2.31 bits per heavy atom. The summed E-state index contributed by atoms with van der Waals surface area (Å²) in [6, 6.07) is 17.4. The largest absolute Gasteiger partial charge is 0.481 e. The Kier molecular flexibility index (Phi) is 8.86. The fourth-order valence-electron chi connectivity index (χ4n) is 2.51. The van der Waals surface area contributed by atoms with E-state index in [1.165, 1.54) is 6.21 Å². The lowest BCUT2D eigenvalue weighted by molar-refractivity contribution is -0.118. The molecule has 2 amide bonds. The van der Waals surface area contributed by atoms with Crippen LogP contribution >= 0.6 is 59.4 Å². The third kappa shape index (κ3) is 6.90. The lowest BCUT2D eigenvalue weighted by Gasteiger charge is -2.12. The molecule has 0 heterocycles. The molecule has 0 fully saturated rings. The number of rotatable bonds is 7. The van der Waals surface area contributed by atoms with Crippen molar-refractivity contribution in [2.45, 2.75) is 0 Å². The van der Waals surface area contributed by atoms with Gasteiger partial charge in [-0.3, -0.25) is 9.59 Å². The van der Waals surface area contributed by atoms with Crippen molar-refractivity contribution in [3.63, 3.8) is 0 Å². The molecule has 6 nitrogen and oxygen atoms in total. The topological polar surface area (TPSA) is 79.8 Å². The Hall–Kier alpha value is -2.20. The van der Waals surface area contributed by atoms with Gasteiger partial charge in [0.05, 0.1) is 25.9 Å². The van der Waals surface area contributed by atoms with Crippen molar-refractivity contribution in [2.75, 3.05) is 11.9 Å². The van der Waals surface area contributed by atoms with E-state index >= 15 is 0 Å². The quantitative estimate of drug-likeness (QED) is 0.231. The van der Waals surface area contributed by atoms with E-state index in [1.807, 2.05) is 0 Å². The number of amides is 2. The van der Waals surface area contributed by atoms with Crippen LogP contribution in [0.5, 0.6) is 5.75 Å². The summed E-state index contributed by atoms with van der Waals surface area (Å²) in [7, 11) is 0. The molecule has 0 saturated carbocycles. The van der Waals surface area contributed by atoms with Crippen LogP contribution in [0.2, 0.25) is 5.02 Å². The molecule has 0 spiro atoms. The molecular formula is C22H15Br3ClN3O3. The van der Waals surface area contributed by atoms with Crippen LogP contribution in [0.25, 0.3) is 0 Å². The number of ether oxygens (including phenoxy) is 1. The highest BCUT2D eigenvalue weighted by Crippen LogP contribution is 2.34. The zero-order valence-electron chi connectivity index (χ0n) is 16.2. The van der Waals surface area contributed by atoms with Crippen molar-refractivity contribution in [3.05, 3.63) is 90.2 Å². The van der Waals surface area contributed by atoms with E-state index in [-0.39, 0.29) is 18.4 Å². The highest BCUT2D eigenvalue weighted by Gasteiger charge is 2.12. The van der Waals surface area contributed by atoms with E-state index in [0.29, 0.717) is 36.5 Å². The van der Waals surface area contributed by atoms with Crippen LogP contribution < -0.4 is 15.5 Å². The van der Waals surface area contributed by atoms with E-state index in [9.17, 15) is 9.59 Å². The number of halogens is 4. The maximum Gasteiger partial charge on any atom is 0.271 e. The molecule has 2 N–H and O–H groups in total. The molecule has 0 radical (unpaired) electrons. The number of hydrogen-bond acceptors (Lipinski definition) is 4. The number of carbonyl (C=O) groups is 2. The van der Waals surface area contributed by atoms with Gasteiger partial charge in [-0.15, -0.1) is 0 Å². The van der Waals surface area contributed by atoms with Gasteiger partial charge in [0.25, 0.3) is 11.8 Å². The molecule has 3 aromatic carbocycles. The first-order chi connectivity index (χ1) is 15.3. The Balaban J connectivity index is 1.59. The standard InChI is InChI=1S/C22H15Br3ClN3O3/c23-15-7-5-14(6-8-15)22(31)29-27-11-13-9-16(24)21(17(25)10-13)32-12-20(30)28-19-4-2-1-3-18(19)26/h1-11H,12H2,(H,28,30)(H,29,31)/b27-11+. The number of hydrazone groups is 1. The van der Waals surface area contributed by atoms with Gasteiger partial charge < -0.3 is 10.1 Å². The summed E-state index contributed by atoms with van der Waals surface area (Å²) in [6.45, 7) is -0.209. The third-order valence-electron chi connectivity index (χ3n) is 4.00. The molecule has 164 valence electrons. The average Bonchev–Trinajstić information content (AvgIpc) is 2.75. The highest BCUT2D eigenvalue weighted by atomic mass is 79.9. The number of carbonyl (C=O) groups excluding carboxylic acids is 2. The second kappa shape index (κ2) is 11.6. The van der Waals surface area contributed by atoms with Crippen LogP contribution in [0.15, 0.2) is 79.2 Å². The van der Waals surface area contributed by atoms with Gasteiger partial charge in [0.1, 0.15) is 5.75 Å². The smallest absolute Gasteiger partial charge is 0.271 e. The Labute approximate surface area is 214 Å². The molecular weight excluding hydrogens is 629 g/mol. The van der Waals surface area contributed by atoms with Gasteiger partial charge in [-0.2, -0.15) is 5.10 Å². The van der Waals surface area contributed by atoms with E-state index in [2.05, 4.69) is 63.6 Å². The fourth-order valence-corrected chi connectivity index (χ4v) is 4.41. The zero-order valence-corrected chi connectivity index (χ0v) is 21.8. The van der Waals surface area contributed by atoms with Crippen molar-refractivity contribution in [3.8, 4) is 5.75 Å². The molecule has 0 bridgehead atoms.